The van der Waals surface area contributed by atoms with Crippen molar-refractivity contribution >= 4 is 40.8 Å². The Morgan fingerprint density at radius 3 is 2.26 bits per heavy atom. The lowest BCUT2D eigenvalue weighted by Crippen LogP contribution is -2.47. The first kappa shape index (κ1) is 17.8. The van der Waals surface area contributed by atoms with Gasteiger partial charge >= 0.3 is 0 Å². The number of hydrogen-bond donors (Lipinski definition) is 1. The fourth-order valence-electron chi connectivity index (χ4n) is 3.11. The molecule has 0 atom stereocenters. The number of rotatable bonds is 3. The average molecular weight is 401 g/mol. The van der Waals surface area contributed by atoms with Crippen molar-refractivity contribution in [1.82, 2.24) is 15.0 Å². The van der Waals surface area contributed by atoms with E-state index in [1.54, 1.807) is 18.2 Å². The SMILES string of the molecule is Nc1nc(-c2cc(Cl)ccc2Cl)nc(N2CCN(c3ccccc3)CC2)n1. The predicted octanol–water partition coefficient (Wildman–Crippen LogP) is 3.75. The van der Waals surface area contributed by atoms with Crippen LogP contribution in [0.1, 0.15) is 0 Å². The lowest BCUT2D eigenvalue weighted by atomic mass is 10.2. The van der Waals surface area contributed by atoms with Gasteiger partial charge < -0.3 is 15.5 Å². The van der Waals surface area contributed by atoms with Crippen molar-refractivity contribution < 1.29 is 0 Å². The molecule has 0 aliphatic carbocycles. The fraction of sp³-hybridized carbons (Fsp3) is 0.211. The minimum absolute atomic E-state index is 0.163. The summed E-state index contributed by atoms with van der Waals surface area (Å²) in [5.41, 5.74) is 7.80. The molecule has 2 aromatic carbocycles. The van der Waals surface area contributed by atoms with E-state index in [0.717, 1.165) is 26.2 Å². The van der Waals surface area contributed by atoms with Crippen LogP contribution in [0.5, 0.6) is 0 Å². The quantitative estimate of drug-likeness (QED) is 0.721. The van der Waals surface area contributed by atoms with Gasteiger partial charge in [-0.3, -0.25) is 0 Å². The highest BCUT2D eigenvalue weighted by Gasteiger charge is 2.21. The molecule has 1 fully saturated rings. The Morgan fingerprint density at radius 2 is 1.52 bits per heavy atom. The van der Waals surface area contributed by atoms with E-state index in [0.29, 0.717) is 27.4 Å². The van der Waals surface area contributed by atoms with Gasteiger partial charge in [-0.15, -0.1) is 0 Å². The third-order valence-electron chi connectivity index (χ3n) is 4.49. The number of benzene rings is 2. The van der Waals surface area contributed by atoms with E-state index in [4.69, 9.17) is 28.9 Å². The number of nitrogens with zero attached hydrogens (tertiary/aromatic N) is 5. The zero-order chi connectivity index (χ0) is 18.8. The number of anilines is 3. The van der Waals surface area contributed by atoms with Gasteiger partial charge in [0.2, 0.25) is 11.9 Å². The topological polar surface area (TPSA) is 71.2 Å². The van der Waals surface area contributed by atoms with Crippen LogP contribution >= 0.6 is 23.2 Å². The number of hydrogen-bond acceptors (Lipinski definition) is 6. The number of piperazine rings is 1. The molecule has 0 saturated carbocycles. The van der Waals surface area contributed by atoms with Crippen molar-refractivity contribution in [3.8, 4) is 11.4 Å². The van der Waals surface area contributed by atoms with Gasteiger partial charge in [0, 0.05) is 42.5 Å². The summed E-state index contributed by atoms with van der Waals surface area (Å²) in [6.07, 6.45) is 0. The lowest BCUT2D eigenvalue weighted by Gasteiger charge is -2.36. The molecule has 1 aliphatic heterocycles. The monoisotopic (exact) mass is 400 g/mol. The molecule has 138 valence electrons. The van der Waals surface area contributed by atoms with Gasteiger partial charge in [0.05, 0.1) is 5.02 Å². The van der Waals surface area contributed by atoms with Crippen LogP contribution in [-0.4, -0.2) is 41.1 Å². The van der Waals surface area contributed by atoms with Crippen molar-refractivity contribution in [2.75, 3.05) is 41.7 Å². The summed E-state index contributed by atoms with van der Waals surface area (Å²) in [7, 11) is 0. The van der Waals surface area contributed by atoms with E-state index in [2.05, 4.69) is 49.0 Å². The summed E-state index contributed by atoms with van der Waals surface area (Å²) in [5, 5.41) is 1.08. The Balaban J connectivity index is 1.57. The lowest BCUT2D eigenvalue weighted by molar-refractivity contribution is 0.639. The molecule has 0 radical (unpaired) electrons. The molecule has 27 heavy (non-hydrogen) atoms. The minimum atomic E-state index is 0.163. The van der Waals surface area contributed by atoms with Crippen molar-refractivity contribution in [1.29, 1.82) is 0 Å². The van der Waals surface area contributed by atoms with E-state index < -0.39 is 0 Å². The van der Waals surface area contributed by atoms with Gasteiger partial charge in [-0.05, 0) is 30.3 Å². The van der Waals surface area contributed by atoms with Gasteiger partial charge in [0.25, 0.3) is 0 Å². The zero-order valence-corrected chi connectivity index (χ0v) is 16.0. The highest BCUT2D eigenvalue weighted by molar-refractivity contribution is 6.35. The van der Waals surface area contributed by atoms with Gasteiger partial charge in [0.1, 0.15) is 0 Å². The van der Waals surface area contributed by atoms with E-state index in [9.17, 15) is 0 Å². The molecular weight excluding hydrogens is 383 g/mol. The second-order valence-corrected chi connectivity index (χ2v) is 7.09. The molecule has 0 spiro atoms. The summed E-state index contributed by atoms with van der Waals surface area (Å²) in [5.74, 6) is 1.15. The van der Waals surface area contributed by atoms with Crippen LogP contribution in [0.25, 0.3) is 11.4 Å². The molecule has 4 rings (SSSR count). The van der Waals surface area contributed by atoms with Crippen LogP contribution in [0.15, 0.2) is 48.5 Å². The standard InChI is InChI=1S/C19H18Cl2N6/c20-13-6-7-16(21)15(12-13)17-23-18(22)25-19(24-17)27-10-8-26(9-11-27)14-4-2-1-3-5-14/h1-7,12H,8-11H2,(H2,22,23,24,25). The number of nitrogen functional groups attached to an aromatic ring is 1. The maximum Gasteiger partial charge on any atom is 0.230 e. The zero-order valence-electron chi connectivity index (χ0n) is 14.5. The van der Waals surface area contributed by atoms with Crippen LogP contribution in [-0.2, 0) is 0 Å². The summed E-state index contributed by atoms with van der Waals surface area (Å²) in [6, 6.07) is 15.5. The Hall–Kier alpha value is -2.57. The maximum absolute atomic E-state index is 6.29. The number of halogens is 2. The second-order valence-electron chi connectivity index (χ2n) is 6.25. The Morgan fingerprint density at radius 1 is 0.815 bits per heavy atom. The largest absolute Gasteiger partial charge is 0.368 e. The summed E-state index contributed by atoms with van der Waals surface area (Å²) in [6.45, 7) is 3.34. The van der Waals surface area contributed by atoms with E-state index in [1.165, 1.54) is 5.69 Å². The van der Waals surface area contributed by atoms with Crippen LogP contribution in [0.4, 0.5) is 17.6 Å². The average Bonchev–Trinajstić information content (AvgIpc) is 2.70. The molecule has 6 nitrogen and oxygen atoms in total. The molecule has 1 aliphatic rings. The minimum Gasteiger partial charge on any atom is -0.368 e. The van der Waals surface area contributed by atoms with Crippen LogP contribution in [0.2, 0.25) is 10.0 Å². The van der Waals surface area contributed by atoms with Crippen molar-refractivity contribution in [3.05, 3.63) is 58.6 Å². The highest BCUT2D eigenvalue weighted by atomic mass is 35.5. The first-order valence-corrected chi connectivity index (χ1v) is 9.38. The molecule has 0 amide bonds. The summed E-state index contributed by atoms with van der Waals surface area (Å²) in [4.78, 5) is 17.6. The number of aromatic nitrogens is 3. The van der Waals surface area contributed by atoms with Gasteiger partial charge in [-0.1, -0.05) is 41.4 Å². The van der Waals surface area contributed by atoms with Crippen molar-refractivity contribution in [2.45, 2.75) is 0 Å². The fourth-order valence-corrected chi connectivity index (χ4v) is 3.49. The van der Waals surface area contributed by atoms with E-state index >= 15 is 0 Å². The summed E-state index contributed by atoms with van der Waals surface area (Å²) < 4.78 is 0. The summed E-state index contributed by atoms with van der Waals surface area (Å²) >= 11 is 12.4. The third-order valence-corrected chi connectivity index (χ3v) is 5.06. The van der Waals surface area contributed by atoms with Crippen molar-refractivity contribution in [3.63, 3.8) is 0 Å². The van der Waals surface area contributed by atoms with E-state index in [-0.39, 0.29) is 5.95 Å². The normalized spacial score (nSPS) is 14.4. The molecule has 2 heterocycles. The first-order valence-electron chi connectivity index (χ1n) is 8.62. The van der Waals surface area contributed by atoms with E-state index in [1.807, 2.05) is 6.07 Å². The highest BCUT2D eigenvalue weighted by Crippen LogP contribution is 2.29. The molecule has 1 saturated heterocycles. The molecule has 8 heteroatoms. The molecule has 2 N–H and O–H groups in total. The van der Waals surface area contributed by atoms with Crippen LogP contribution < -0.4 is 15.5 Å². The Kier molecular flexibility index (Phi) is 5.01. The Labute approximate surface area is 167 Å². The molecule has 0 bridgehead atoms. The third kappa shape index (κ3) is 3.91. The second kappa shape index (κ2) is 7.58. The first-order chi connectivity index (χ1) is 13.1. The molecule has 1 aromatic heterocycles. The smallest absolute Gasteiger partial charge is 0.230 e. The maximum atomic E-state index is 6.29. The van der Waals surface area contributed by atoms with Gasteiger partial charge in [0.15, 0.2) is 5.82 Å². The Bertz CT molecular complexity index is 942. The molecule has 3 aromatic rings. The van der Waals surface area contributed by atoms with Gasteiger partial charge in [-0.25, -0.2) is 0 Å². The molecule has 0 unspecified atom stereocenters. The van der Waals surface area contributed by atoms with Crippen LogP contribution in [0, 0.1) is 0 Å². The molecular formula is C19H18Cl2N6. The number of para-hydroxylation sites is 1. The number of nitrogens with two attached hydrogens (primary N) is 1. The van der Waals surface area contributed by atoms with Crippen LogP contribution in [0.3, 0.4) is 0 Å². The predicted molar refractivity (Wildman–Crippen MR) is 111 cm³/mol. The van der Waals surface area contributed by atoms with Crippen molar-refractivity contribution in [2.24, 2.45) is 0 Å². The van der Waals surface area contributed by atoms with Gasteiger partial charge in [-0.2, -0.15) is 15.0 Å².